The van der Waals surface area contributed by atoms with Crippen LogP contribution in [0.4, 0.5) is 0 Å². The lowest BCUT2D eigenvalue weighted by molar-refractivity contribution is -0.143. The number of amides is 1. The van der Waals surface area contributed by atoms with Crippen LogP contribution in [0.5, 0.6) is 0 Å². The topological polar surface area (TPSA) is 67.2 Å². The fourth-order valence-electron chi connectivity index (χ4n) is 0.203. The number of nitrogens with one attached hydrogen (secondary N) is 1. The number of carbonyl (C=O) groups excluding carboxylic acids is 2. The van der Waals surface area contributed by atoms with Crippen LogP contribution in [-0.2, 0) is 14.3 Å². The molecule has 0 aromatic carbocycles. The highest BCUT2D eigenvalue weighted by atomic mass is 16.5. The van der Waals surface area contributed by atoms with Gasteiger partial charge in [0.25, 0.3) is 0 Å². The zero-order valence-electron chi connectivity index (χ0n) is 4.43. The van der Waals surface area contributed by atoms with E-state index in [4.69, 9.17) is 5.73 Å². The molecule has 45 valence electrons. The van der Waals surface area contributed by atoms with Crippen LogP contribution in [0.1, 0.15) is 6.42 Å². The second-order valence-electron chi connectivity index (χ2n) is 1.18. The van der Waals surface area contributed by atoms with Gasteiger partial charge >= 0.3 is 5.97 Å². The van der Waals surface area contributed by atoms with E-state index in [-0.39, 0.29) is 0 Å². The zero-order chi connectivity index (χ0) is 6.57. The first kappa shape index (κ1) is 6.94. The third kappa shape index (κ3) is 3.14. The van der Waals surface area contributed by atoms with Crippen molar-refractivity contribution in [1.82, 2.24) is 5.73 Å². The summed E-state index contributed by atoms with van der Waals surface area (Å²) in [4.78, 5) is 19.8. The van der Waals surface area contributed by atoms with E-state index in [0.717, 1.165) is 0 Å². The minimum atomic E-state index is -0.920. The summed E-state index contributed by atoms with van der Waals surface area (Å²) in [5.74, 6) is -1.58. The smallest absolute Gasteiger partial charge is 0.315 e. The second kappa shape index (κ2) is 3.01. The molecule has 0 heterocycles. The normalized spacial score (nSPS) is 8.12. The van der Waals surface area contributed by atoms with Crippen LogP contribution in [-0.4, -0.2) is 19.0 Å². The number of esters is 1. The average Bonchev–Trinajstić information content (AvgIpc) is 1.65. The molecule has 4 nitrogen and oxygen atoms in total. The third-order valence-corrected chi connectivity index (χ3v) is 0.533. The average molecular weight is 116 g/mol. The predicted molar refractivity (Wildman–Crippen MR) is 24.7 cm³/mol. The van der Waals surface area contributed by atoms with Crippen LogP contribution in [0, 0.1) is 0 Å². The predicted octanol–water partition coefficient (Wildman–Crippen LogP) is -0.641. The zero-order valence-corrected chi connectivity index (χ0v) is 4.43. The van der Waals surface area contributed by atoms with Gasteiger partial charge in [-0.05, 0) is 0 Å². The maximum Gasteiger partial charge on any atom is 0.315 e. The van der Waals surface area contributed by atoms with Gasteiger partial charge in [-0.15, -0.1) is 0 Å². The van der Waals surface area contributed by atoms with E-state index in [0.29, 0.717) is 0 Å². The molecule has 0 aliphatic heterocycles. The van der Waals surface area contributed by atoms with Gasteiger partial charge in [-0.2, -0.15) is 0 Å². The molecule has 0 fully saturated rings. The van der Waals surface area contributed by atoms with Crippen LogP contribution in [0.3, 0.4) is 0 Å². The molecule has 0 aromatic rings. The Morgan fingerprint density at radius 1 is 1.62 bits per heavy atom. The Kier molecular flexibility index (Phi) is 2.61. The number of methoxy groups -OCH3 is 1. The van der Waals surface area contributed by atoms with E-state index < -0.39 is 18.3 Å². The molecule has 0 rings (SSSR count). The largest absolute Gasteiger partial charge is 0.469 e. The Hall–Kier alpha value is -1.06. The van der Waals surface area contributed by atoms with Gasteiger partial charge < -0.3 is 4.74 Å². The first-order valence-electron chi connectivity index (χ1n) is 1.98. The summed E-state index contributed by atoms with van der Waals surface area (Å²) < 4.78 is 4.08. The summed E-state index contributed by atoms with van der Waals surface area (Å²) in [6, 6.07) is 0. The first-order valence-corrected chi connectivity index (χ1v) is 1.98. The maximum atomic E-state index is 10.1. The van der Waals surface area contributed by atoms with Gasteiger partial charge in [-0.3, -0.25) is 15.3 Å². The van der Waals surface area contributed by atoms with Crippen molar-refractivity contribution in [2.75, 3.05) is 7.11 Å². The van der Waals surface area contributed by atoms with E-state index in [1.165, 1.54) is 7.11 Å². The van der Waals surface area contributed by atoms with Gasteiger partial charge in [0, 0.05) is 0 Å². The number of ether oxygens (including phenoxy) is 1. The highest BCUT2D eigenvalue weighted by Crippen LogP contribution is 1.80. The molecule has 0 aliphatic rings. The third-order valence-electron chi connectivity index (χ3n) is 0.533. The second-order valence-corrected chi connectivity index (χ2v) is 1.18. The lowest BCUT2D eigenvalue weighted by atomic mass is 10.4. The van der Waals surface area contributed by atoms with Gasteiger partial charge in [0.15, 0.2) is 0 Å². The number of hydrogen-bond acceptors (Lipinski definition) is 3. The highest BCUT2D eigenvalue weighted by molar-refractivity contribution is 5.92. The summed E-state index contributed by atoms with van der Waals surface area (Å²) in [5, 5.41) is 0. The standard InChI is InChI=1S/C4H6NO3/c1-8-4(7)2-3(5)6/h5H,2H2,1H3. The molecule has 0 bridgehead atoms. The van der Waals surface area contributed by atoms with Gasteiger partial charge in [0.05, 0.1) is 7.11 Å². The molecule has 8 heavy (non-hydrogen) atoms. The van der Waals surface area contributed by atoms with Crippen molar-refractivity contribution in [3.8, 4) is 0 Å². The van der Waals surface area contributed by atoms with Crippen molar-refractivity contribution in [3.05, 3.63) is 0 Å². The molecule has 0 atom stereocenters. The van der Waals surface area contributed by atoms with E-state index in [2.05, 4.69) is 4.74 Å². The maximum absolute atomic E-state index is 10.1. The SMILES string of the molecule is COC(=O)CC([NH])=O. The summed E-state index contributed by atoms with van der Waals surface area (Å²) in [5.41, 5.74) is 6.27. The van der Waals surface area contributed by atoms with Gasteiger partial charge in [-0.1, -0.05) is 0 Å². The molecule has 1 amide bonds. The monoisotopic (exact) mass is 116 g/mol. The Morgan fingerprint density at radius 2 is 2.12 bits per heavy atom. The van der Waals surface area contributed by atoms with Gasteiger partial charge in [0.1, 0.15) is 6.42 Å². The van der Waals surface area contributed by atoms with Gasteiger partial charge in [-0.25, -0.2) is 0 Å². The van der Waals surface area contributed by atoms with E-state index in [1.807, 2.05) is 0 Å². The molecular formula is C4H6NO3. The number of rotatable bonds is 2. The van der Waals surface area contributed by atoms with Crippen molar-refractivity contribution < 1.29 is 14.3 Å². The van der Waals surface area contributed by atoms with Crippen molar-refractivity contribution in [2.45, 2.75) is 6.42 Å². The minimum Gasteiger partial charge on any atom is -0.469 e. The lowest BCUT2D eigenvalue weighted by Gasteiger charge is -1.90. The van der Waals surface area contributed by atoms with Gasteiger partial charge in [0.2, 0.25) is 5.91 Å². The van der Waals surface area contributed by atoms with Crippen LogP contribution in [0.2, 0.25) is 0 Å². The molecule has 4 heteroatoms. The van der Waals surface area contributed by atoms with Crippen molar-refractivity contribution >= 4 is 11.9 Å². The molecule has 1 radical (unpaired) electrons. The van der Waals surface area contributed by atoms with E-state index >= 15 is 0 Å². The molecule has 0 unspecified atom stereocenters. The molecule has 0 spiro atoms. The molecule has 1 N–H and O–H groups in total. The number of carbonyl (C=O) groups is 2. The minimum absolute atomic E-state index is 0.448. The fourth-order valence-corrected chi connectivity index (χ4v) is 0.203. The summed E-state index contributed by atoms with van der Waals surface area (Å²) in [6.07, 6.45) is -0.448. The van der Waals surface area contributed by atoms with Crippen molar-refractivity contribution in [1.29, 1.82) is 0 Å². The van der Waals surface area contributed by atoms with Crippen LogP contribution in [0.25, 0.3) is 0 Å². The summed E-state index contributed by atoms with van der Waals surface area (Å²) in [7, 11) is 1.17. The molecule has 0 aliphatic carbocycles. The van der Waals surface area contributed by atoms with Crippen molar-refractivity contribution in [2.24, 2.45) is 0 Å². The van der Waals surface area contributed by atoms with E-state index in [9.17, 15) is 9.59 Å². The fraction of sp³-hybridized carbons (Fsp3) is 0.500. The Morgan fingerprint density at radius 3 is 2.25 bits per heavy atom. The first-order chi connectivity index (χ1) is 3.66. The Labute approximate surface area is 46.6 Å². The van der Waals surface area contributed by atoms with Crippen LogP contribution in [0.15, 0.2) is 0 Å². The quantitative estimate of drug-likeness (QED) is 0.356. The lowest BCUT2D eigenvalue weighted by Crippen LogP contribution is -2.08. The molecule has 0 saturated heterocycles. The number of hydrogen-bond donors (Lipinski definition) is 0. The Balaban J connectivity index is 3.40. The summed E-state index contributed by atoms with van der Waals surface area (Å²) >= 11 is 0. The Bertz CT molecular complexity index is 110. The van der Waals surface area contributed by atoms with Crippen molar-refractivity contribution in [3.63, 3.8) is 0 Å². The molecule has 0 aromatic heterocycles. The van der Waals surface area contributed by atoms with E-state index in [1.54, 1.807) is 0 Å². The highest BCUT2D eigenvalue weighted by Gasteiger charge is 2.03. The molecular weight excluding hydrogens is 110 g/mol. The molecule has 0 saturated carbocycles. The van der Waals surface area contributed by atoms with Crippen LogP contribution < -0.4 is 5.73 Å². The summed E-state index contributed by atoms with van der Waals surface area (Å²) in [6.45, 7) is 0. The van der Waals surface area contributed by atoms with Crippen LogP contribution >= 0.6 is 0 Å².